The van der Waals surface area contributed by atoms with E-state index < -0.39 is 35.4 Å². The molecule has 0 saturated heterocycles. The van der Waals surface area contributed by atoms with E-state index in [9.17, 15) is 30.7 Å². The van der Waals surface area contributed by atoms with E-state index in [0.29, 0.717) is 28.2 Å². The van der Waals surface area contributed by atoms with Gasteiger partial charge in [-0.3, -0.25) is 0 Å². The van der Waals surface area contributed by atoms with E-state index >= 15 is 0 Å². The van der Waals surface area contributed by atoms with E-state index in [0.717, 1.165) is 49.4 Å². The Morgan fingerprint density at radius 3 is 1.69 bits per heavy atom. The quantitative estimate of drug-likeness (QED) is 0.200. The van der Waals surface area contributed by atoms with Crippen molar-refractivity contribution in [3.05, 3.63) is 108 Å². The molecule has 0 atom stereocenters. The smallest absolute Gasteiger partial charge is 0.429 e. The zero-order chi connectivity index (χ0) is 30.1. The van der Waals surface area contributed by atoms with Crippen LogP contribution in [0.15, 0.2) is 84.9 Å². The maximum absolute atomic E-state index is 14.9. The van der Waals surface area contributed by atoms with E-state index in [1.165, 1.54) is 24.3 Å². The van der Waals surface area contributed by atoms with Crippen molar-refractivity contribution in [3.8, 4) is 33.8 Å². The van der Waals surface area contributed by atoms with Gasteiger partial charge in [0.05, 0.1) is 5.56 Å². The Bertz CT molecular complexity index is 1520. The summed E-state index contributed by atoms with van der Waals surface area (Å²) < 4.78 is 104. The molecule has 1 saturated carbocycles. The Hall–Kier alpha value is -4.01. The summed E-state index contributed by atoms with van der Waals surface area (Å²) in [5, 5.41) is 0. The summed E-state index contributed by atoms with van der Waals surface area (Å²) in [4.78, 5) is 0. The first-order valence-electron chi connectivity index (χ1n) is 13.5. The monoisotopic (exact) mass is 588 g/mol. The van der Waals surface area contributed by atoms with Crippen molar-refractivity contribution in [1.82, 2.24) is 0 Å². The summed E-state index contributed by atoms with van der Waals surface area (Å²) in [6.45, 7) is 2.18. The van der Waals surface area contributed by atoms with Crippen molar-refractivity contribution >= 4 is 0 Å². The number of halogens is 7. The molecular weight excluding hydrogens is 561 g/mol. The van der Waals surface area contributed by atoms with Gasteiger partial charge in [0.25, 0.3) is 0 Å². The van der Waals surface area contributed by atoms with E-state index in [1.54, 1.807) is 42.5 Å². The Balaban J connectivity index is 1.25. The first-order chi connectivity index (χ1) is 19.9. The van der Waals surface area contributed by atoms with E-state index in [4.69, 9.17) is 4.74 Å². The minimum absolute atomic E-state index is 0.151. The molecule has 0 unspecified atom stereocenters. The average molecular weight is 589 g/mol. The van der Waals surface area contributed by atoms with Gasteiger partial charge >= 0.3 is 12.5 Å². The number of rotatable bonds is 7. The van der Waals surface area contributed by atoms with E-state index in [2.05, 4.69) is 11.7 Å². The molecule has 4 aromatic rings. The second kappa shape index (κ2) is 11.7. The molecule has 4 aromatic carbocycles. The fourth-order valence-corrected chi connectivity index (χ4v) is 5.28. The predicted molar refractivity (Wildman–Crippen MR) is 145 cm³/mol. The lowest BCUT2D eigenvalue weighted by Gasteiger charge is -2.27. The van der Waals surface area contributed by atoms with Crippen molar-refractivity contribution in [3.63, 3.8) is 0 Å². The van der Waals surface area contributed by atoms with Gasteiger partial charge in [0.2, 0.25) is 0 Å². The summed E-state index contributed by atoms with van der Waals surface area (Å²) >= 11 is 0. The molecule has 2 nitrogen and oxygen atoms in total. The zero-order valence-corrected chi connectivity index (χ0v) is 22.5. The van der Waals surface area contributed by atoms with Gasteiger partial charge in [-0.15, -0.1) is 13.2 Å². The molecule has 0 bridgehead atoms. The highest BCUT2D eigenvalue weighted by molar-refractivity contribution is 5.71. The largest absolute Gasteiger partial charge is 0.573 e. The third-order valence-corrected chi connectivity index (χ3v) is 7.60. The zero-order valence-electron chi connectivity index (χ0n) is 22.5. The molecule has 1 aliphatic rings. The van der Waals surface area contributed by atoms with Crippen molar-refractivity contribution in [1.29, 1.82) is 0 Å². The lowest BCUT2D eigenvalue weighted by atomic mass is 9.79. The standard InChI is InChI=1S/C33H27F7O2/c1-20-2-4-23(5-3-20)25-12-16-28(29(34)18-25)32(36,37)41-27-14-10-22(11-15-27)21-6-8-24(9-7-21)26-13-17-31(30(35)19-26)42-33(38,39)40/h6-20,23H,2-5H2,1H3. The minimum Gasteiger partial charge on any atom is -0.429 e. The van der Waals surface area contributed by atoms with Crippen LogP contribution in [0.2, 0.25) is 0 Å². The van der Waals surface area contributed by atoms with Gasteiger partial charge in [0, 0.05) is 0 Å². The van der Waals surface area contributed by atoms with Crippen LogP contribution in [0.3, 0.4) is 0 Å². The summed E-state index contributed by atoms with van der Waals surface area (Å²) in [5.41, 5.74) is 2.15. The molecule has 0 aliphatic heterocycles. The first-order valence-corrected chi connectivity index (χ1v) is 13.5. The Labute approximate surface area is 238 Å². The highest BCUT2D eigenvalue weighted by atomic mass is 19.4. The summed E-state index contributed by atoms with van der Waals surface area (Å²) in [5.74, 6) is -2.45. The molecule has 0 heterocycles. The normalized spacial score (nSPS) is 17.6. The Kier molecular flexibility index (Phi) is 8.21. The topological polar surface area (TPSA) is 18.5 Å². The van der Waals surface area contributed by atoms with Crippen LogP contribution in [-0.4, -0.2) is 6.36 Å². The van der Waals surface area contributed by atoms with Crippen LogP contribution in [0.1, 0.15) is 49.7 Å². The first kappa shape index (κ1) is 29.5. The molecule has 0 aromatic heterocycles. The van der Waals surface area contributed by atoms with Gasteiger partial charge < -0.3 is 9.47 Å². The highest BCUT2D eigenvalue weighted by Crippen LogP contribution is 2.39. The van der Waals surface area contributed by atoms with E-state index in [-0.39, 0.29) is 11.7 Å². The lowest BCUT2D eigenvalue weighted by molar-refractivity contribution is -0.275. The van der Waals surface area contributed by atoms with Gasteiger partial charge in [-0.2, -0.15) is 8.78 Å². The van der Waals surface area contributed by atoms with Crippen LogP contribution >= 0.6 is 0 Å². The maximum Gasteiger partial charge on any atom is 0.573 e. The number of benzene rings is 4. The SMILES string of the molecule is CC1CCC(c2ccc(C(F)(F)Oc3ccc(-c4ccc(-c5ccc(OC(F)(F)F)c(F)c5)cc4)cc3)c(F)c2)CC1. The third-order valence-electron chi connectivity index (χ3n) is 7.60. The van der Waals surface area contributed by atoms with Crippen LogP contribution in [0.25, 0.3) is 22.3 Å². The molecule has 0 N–H and O–H groups in total. The second-order valence-corrected chi connectivity index (χ2v) is 10.6. The molecular formula is C33H27F7O2. The van der Waals surface area contributed by atoms with E-state index in [1.807, 2.05) is 0 Å². The lowest BCUT2D eigenvalue weighted by Crippen LogP contribution is -2.23. The molecule has 5 rings (SSSR count). The average Bonchev–Trinajstić information content (AvgIpc) is 2.94. The predicted octanol–water partition coefficient (Wildman–Crippen LogP) is 10.6. The molecule has 1 fully saturated rings. The third kappa shape index (κ3) is 6.89. The minimum atomic E-state index is -5.00. The van der Waals surface area contributed by atoms with Gasteiger partial charge in [0.15, 0.2) is 11.6 Å². The second-order valence-electron chi connectivity index (χ2n) is 10.6. The summed E-state index contributed by atoms with van der Waals surface area (Å²) in [7, 11) is 0. The van der Waals surface area contributed by atoms with Gasteiger partial charge in [-0.25, -0.2) is 8.78 Å². The van der Waals surface area contributed by atoms with Gasteiger partial charge in [-0.05, 0) is 88.9 Å². The van der Waals surface area contributed by atoms with Crippen LogP contribution in [0.5, 0.6) is 11.5 Å². The number of hydrogen-bond acceptors (Lipinski definition) is 2. The molecule has 0 radical (unpaired) electrons. The van der Waals surface area contributed by atoms with Crippen molar-refractivity contribution < 1.29 is 40.2 Å². The fourth-order valence-electron chi connectivity index (χ4n) is 5.28. The Morgan fingerprint density at radius 2 is 1.14 bits per heavy atom. The molecule has 220 valence electrons. The van der Waals surface area contributed by atoms with Crippen LogP contribution in [0, 0.1) is 17.6 Å². The highest BCUT2D eigenvalue weighted by Gasteiger charge is 2.38. The summed E-state index contributed by atoms with van der Waals surface area (Å²) in [6, 6.07) is 19.5. The summed E-state index contributed by atoms with van der Waals surface area (Å²) in [6.07, 6.45) is -5.00. The Morgan fingerprint density at radius 1 is 0.595 bits per heavy atom. The van der Waals surface area contributed by atoms with Crippen LogP contribution in [0.4, 0.5) is 30.7 Å². The molecule has 42 heavy (non-hydrogen) atoms. The van der Waals surface area contributed by atoms with Crippen molar-refractivity contribution in [2.24, 2.45) is 5.92 Å². The van der Waals surface area contributed by atoms with Gasteiger partial charge in [-0.1, -0.05) is 68.3 Å². The fraction of sp³-hybridized carbons (Fsp3) is 0.273. The van der Waals surface area contributed by atoms with Crippen molar-refractivity contribution in [2.75, 3.05) is 0 Å². The molecule has 0 amide bonds. The number of hydrogen-bond donors (Lipinski definition) is 0. The number of alkyl halides is 5. The van der Waals surface area contributed by atoms with Gasteiger partial charge in [0.1, 0.15) is 11.6 Å². The number of ether oxygens (including phenoxy) is 2. The molecule has 0 spiro atoms. The molecule has 9 heteroatoms. The maximum atomic E-state index is 14.9. The van der Waals surface area contributed by atoms with Crippen LogP contribution < -0.4 is 9.47 Å². The van der Waals surface area contributed by atoms with Crippen LogP contribution in [-0.2, 0) is 6.11 Å². The molecule has 1 aliphatic carbocycles. The van der Waals surface area contributed by atoms with Crippen molar-refractivity contribution in [2.45, 2.75) is 51.0 Å².